The fraction of sp³-hybridized carbons (Fsp3) is 0.357. The summed E-state index contributed by atoms with van der Waals surface area (Å²) >= 11 is 0. The Morgan fingerprint density at radius 3 is 3.00 bits per heavy atom. The Hall–Kier alpha value is -2.17. The van der Waals surface area contributed by atoms with Crippen molar-refractivity contribution in [2.75, 3.05) is 6.54 Å². The number of nitrogens with one attached hydrogen (secondary N) is 1. The van der Waals surface area contributed by atoms with E-state index in [1.807, 2.05) is 30.0 Å². The van der Waals surface area contributed by atoms with Gasteiger partial charge in [-0.3, -0.25) is 14.9 Å². The van der Waals surface area contributed by atoms with Crippen molar-refractivity contribution >= 4 is 5.91 Å². The van der Waals surface area contributed by atoms with Gasteiger partial charge in [-0.25, -0.2) is 0 Å². The van der Waals surface area contributed by atoms with Gasteiger partial charge in [-0.1, -0.05) is 0 Å². The van der Waals surface area contributed by atoms with Crippen molar-refractivity contribution < 1.29 is 4.79 Å². The lowest BCUT2D eigenvalue weighted by Crippen LogP contribution is -2.30. The van der Waals surface area contributed by atoms with Crippen LogP contribution in [0.2, 0.25) is 0 Å². The zero-order chi connectivity index (χ0) is 13.2. The van der Waals surface area contributed by atoms with Gasteiger partial charge in [-0.15, -0.1) is 0 Å². The maximum Gasteiger partial charge on any atom is 0.255 e. The minimum Gasteiger partial charge on any atom is -0.330 e. The van der Waals surface area contributed by atoms with Crippen molar-refractivity contribution in [2.24, 2.45) is 0 Å². The lowest BCUT2D eigenvalue weighted by molar-refractivity contribution is 0.0732. The summed E-state index contributed by atoms with van der Waals surface area (Å²) in [5.41, 5.74) is 2.58. The molecule has 1 amide bonds. The summed E-state index contributed by atoms with van der Waals surface area (Å²) < 4.78 is 0. The average Bonchev–Trinajstić information content (AvgIpc) is 3.09. The van der Waals surface area contributed by atoms with Gasteiger partial charge in [-0.05, 0) is 38.0 Å². The van der Waals surface area contributed by atoms with E-state index >= 15 is 0 Å². The Balaban J connectivity index is 1.84. The van der Waals surface area contributed by atoms with E-state index in [9.17, 15) is 4.79 Å². The molecular formula is C14H16N4O. The molecule has 2 aromatic heterocycles. The molecule has 5 heteroatoms. The first-order chi connectivity index (χ1) is 9.25. The Bertz CT molecular complexity index is 562. The van der Waals surface area contributed by atoms with E-state index in [2.05, 4.69) is 15.2 Å². The van der Waals surface area contributed by atoms with E-state index in [1.54, 1.807) is 12.4 Å². The molecule has 0 aromatic carbocycles. The van der Waals surface area contributed by atoms with Crippen molar-refractivity contribution in [3.63, 3.8) is 0 Å². The number of rotatable bonds is 2. The number of nitrogens with zero attached hydrogens (tertiary/aromatic N) is 3. The van der Waals surface area contributed by atoms with E-state index in [0.717, 1.165) is 30.8 Å². The number of amides is 1. The summed E-state index contributed by atoms with van der Waals surface area (Å²) in [4.78, 5) is 18.6. The molecule has 19 heavy (non-hydrogen) atoms. The molecule has 0 bridgehead atoms. The topological polar surface area (TPSA) is 61.9 Å². The van der Waals surface area contributed by atoms with Crippen molar-refractivity contribution in [1.29, 1.82) is 0 Å². The molecule has 3 rings (SSSR count). The number of pyridine rings is 1. The first kappa shape index (κ1) is 11.9. The number of aromatic nitrogens is 3. The van der Waals surface area contributed by atoms with Crippen LogP contribution >= 0.6 is 0 Å². The molecule has 1 aliphatic rings. The third-order valence-corrected chi connectivity index (χ3v) is 3.55. The SMILES string of the molecule is Cc1ccc(C(=O)N2CCCC2c2ccn[nH]2)cn1. The molecular weight excluding hydrogens is 240 g/mol. The third-order valence-electron chi connectivity index (χ3n) is 3.55. The molecule has 3 heterocycles. The van der Waals surface area contributed by atoms with E-state index in [-0.39, 0.29) is 11.9 Å². The number of likely N-dealkylation sites (tertiary alicyclic amines) is 1. The van der Waals surface area contributed by atoms with Gasteiger partial charge in [-0.2, -0.15) is 5.10 Å². The molecule has 0 saturated carbocycles. The number of hydrogen-bond acceptors (Lipinski definition) is 3. The van der Waals surface area contributed by atoms with Gasteiger partial charge >= 0.3 is 0 Å². The van der Waals surface area contributed by atoms with Gasteiger partial charge in [0.25, 0.3) is 5.91 Å². The summed E-state index contributed by atoms with van der Waals surface area (Å²) in [5, 5.41) is 6.93. The zero-order valence-corrected chi connectivity index (χ0v) is 10.8. The summed E-state index contributed by atoms with van der Waals surface area (Å²) in [6.45, 7) is 2.70. The van der Waals surface area contributed by atoms with Gasteiger partial charge in [0.1, 0.15) is 0 Å². The summed E-state index contributed by atoms with van der Waals surface area (Å²) in [7, 11) is 0. The van der Waals surface area contributed by atoms with Crippen LogP contribution in [-0.2, 0) is 0 Å². The molecule has 1 fully saturated rings. The number of carbonyl (C=O) groups excluding carboxylic acids is 1. The van der Waals surface area contributed by atoms with Crippen LogP contribution in [-0.4, -0.2) is 32.5 Å². The molecule has 1 unspecified atom stereocenters. The van der Waals surface area contributed by atoms with Crippen molar-refractivity contribution in [3.05, 3.63) is 47.5 Å². The lowest BCUT2D eigenvalue weighted by Gasteiger charge is -2.23. The maximum absolute atomic E-state index is 12.5. The van der Waals surface area contributed by atoms with Crippen LogP contribution in [0.5, 0.6) is 0 Å². The molecule has 1 saturated heterocycles. The van der Waals surface area contributed by atoms with E-state index < -0.39 is 0 Å². The summed E-state index contributed by atoms with van der Waals surface area (Å²) in [5.74, 6) is 0.0459. The molecule has 0 radical (unpaired) electrons. The van der Waals surface area contributed by atoms with Crippen molar-refractivity contribution in [1.82, 2.24) is 20.1 Å². The molecule has 1 atom stereocenters. The first-order valence-corrected chi connectivity index (χ1v) is 6.48. The molecule has 0 aliphatic carbocycles. The zero-order valence-electron chi connectivity index (χ0n) is 10.8. The van der Waals surface area contributed by atoms with Crippen LogP contribution in [0.1, 0.15) is 40.6 Å². The fourth-order valence-corrected chi connectivity index (χ4v) is 2.55. The second kappa shape index (κ2) is 4.84. The predicted molar refractivity (Wildman–Crippen MR) is 70.6 cm³/mol. The molecule has 0 spiro atoms. The van der Waals surface area contributed by atoms with E-state index in [0.29, 0.717) is 5.56 Å². The third kappa shape index (κ3) is 2.23. The van der Waals surface area contributed by atoms with Crippen LogP contribution in [0.4, 0.5) is 0 Å². The second-order valence-electron chi connectivity index (χ2n) is 4.86. The van der Waals surface area contributed by atoms with Gasteiger partial charge in [0.05, 0.1) is 17.3 Å². The van der Waals surface area contributed by atoms with E-state index in [1.165, 1.54) is 0 Å². The van der Waals surface area contributed by atoms with Crippen LogP contribution in [0.3, 0.4) is 0 Å². The highest BCUT2D eigenvalue weighted by molar-refractivity contribution is 5.94. The number of hydrogen-bond donors (Lipinski definition) is 1. The highest BCUT2D eigenvalue weighted by Crippen LogP contribution is 2.31. The first-order valence-electron chi connectivity index (χ1n) is 6.48. The molecule has 5 nitrogen and oxygen atoms in total. The fourth-order valence-electron chi connectivity index (χ4n) is 2.55. The van der Waals surface area contributed by atoms with Crippen LogP contribution in [0.15, 0.2) is 30.6 Å². The summed E-state index contributed by atoms with van der Waals surface area (Å²) in [6.07, 6.45) is 5.38. The van der Waals surface area contributed by atoms with Crippen LogP contribution in [0, 0.1) is 6.92 Å². The largest absolute Gasteiger partial charge is 0.330 e. The normalized spacial score (nSPS) is 18.8. The van der Waals surface area contributed by atoms with Gasteiger partial charge < -0.3 is 4.90 Å². The minimum absolute atomic E-state index is 0.0459. The van der Waals surface area contributed by atoms with Crippen molar-refractivity contribution in [3.8, 4) is 0 Å². The monoisotopic (exact) mass is 256 g/mol. The number of H-pyrrole nitrogens is 1. The van der Waals surface area contributed by atoms with Crippen LogP contribution in [0.25, 0.3) is 0 Å². The Morgan fingerprint density at radius 2 is 2.32 bits per heavy atom. The maximum atomic E-state index is 12.5. The molecule has 1 N–H and O–H groups in total. The second-order valence-corrected chi connectivity index (χ2v) is 4.86. The average molecular weight is 256 g/mol. The van der Waals surface area contributed by atoms with Gasteiger partial charge in [0.15, 0.2) is 0 Å². The highest BCUT2D eigenvalue weighted by atomic mass is 16.2. The standard InChI is InChI=1S/C14H16N4O/c1-10-4-5-11(9-15-10)14(19)18-8-2-3-13(18)12-6-7-16-17-12/h4-7,9,13H,2-3,8H2,1H3,(H,16,17). The van der Waals surface area contributed by atoms with Gasteiger partial charge in [0, 0.05) is 24.6 Å². The quantitative estimate of drug-likeness (QED) is 0.895. The molecule has 98 valence electrons. The van der Waals surface area contributed by atoms with E-state index in [4.69, 9.17) is 0 Å². The number of carbonyl (C=O) groups is 1. The Kier molecular flexibility index (Phi) is 3.03. The minimum atomic E-state index is 0.0459. The lowest BCUT2D eigenvalue weighted by atomic mass is 10.1. The smallest absolute Gasteiger partial charge is 0.255 e. The number of aryl methyl sites for hydroxylation is 1. The van der Waals surface area contributed by atoms with Crippen molar-refractivity contribution in [2.45, 2.75) is 25.8 Å². The highest BCUT2D eigenvalue weighted by Gasteiger charge is 2.31. The Morgan fingerprint density at radius 1 is 1.42 bits per heavy atom. The number of aromatic amines is 1. The van der Waals surface area contributed by atoms with Crippen LogP contribution < -0.4 is 0 Å². The predicted octanol–water partition coefficient (Wildman–Crippen LogP) is 2.09. The summed E-state index contributed by atoms with van der Waals surface area (Å²) in [6, 6.07) is 5.75. The molecule has 2 aromatic rings. The molecule has 1 aliphatic heterocycles. The Labute approximate surface area is 111 Å². The van der Waals surface area contributed by atoms with Gasteiger partial charge in [0.2, 0.25) is 0 Å².